The number of hydrogen-bond acceptors (Lipinski definition) is 4. The minimum Gasteiger partial charge on any atom is -0.434 e. The van der Waals surface area contributed by atoms with Crippen molar-refractivity contribution in [3.8, 4) is 0 Å². The summed E-state index contributed by atoms with van der Waals surface area (Å²) in [5.41, 5.74) is 0.819. The zero-order valence-electron chi connectivity index (χ0n) is 15.7. The molecule has 3 rings (SSSR count). The summed E-state index contributed by atoms with van der Waals surface area (Å²) in [5, 5.41) is 2.18. The van der Waals surface area contributed by atoms with E-state index in [2.05, 4.69) is 24.3 Å². The van der Waals surface area contributed by atoms with Gasteiger partial charge in [-0.2, -0.15) is 0 Å². The summed E-state index contributed by atoms with van der Waals surface area (Å²) in [4.78, 5) is 0. The van der Waals surface area contributed by atoms with Gasteiger partial charge in [-0.05, 0) is 44.2 Å². The van der Waals surface area contributed by atoms with Crippen LogP contribution < -0.4 is 16.1 Å². The highest BCUT2D eigenvalue weighted by Crippen LogP contribution is 2.67. The summed E-state index contributed by atoms with van der Waals surface area (Å²) in [6.07, 6.45) is 1.67. The van der Waals surface area contributed by atoms with Crippen LogP contribution in [0.5, 0.6) is 0 Å². The van der Waals surface area contributed by atoms with Gasteiger partial charge >= 0.3 is 7.60 Å². The van der Waals surface area contributed by atoms with E-state index in [0.717, 1.165) is 16.1 Å². The van der Waals surface area contributed by atoms with Gasteiger partial charge in [0.2, 0.25) is 0 Å². The Labute approximate surface area is 161 Å². The molecule has 0 amide bonds. The van der Waals surface area contributed by atoms with Crippen LogP contribution in [0.1, 0.15) is 13.8 Å². The van der Waals surface area contributed by atoms with E-state index in [1.165, 1.54) is 0 Å². The molecule has 142 valence electrons. The van der Waals surface area contributed by atoms with Crippen molar-refractivity contribution < 1.29 is 18.0 Å². The second kappa shape index (κ2) is 8.99. The molecule has 1 aromatic heterocycles. The molecule has 0 unspecified atom stereocenters. The van der Waals surface area contributed by atoms with Crippen LogP contribution >= 0.6 is 14.9 Å². The van der Waals surface area contributed by atoms with Gasteiger partial charge in [0.25, 0.3) is 5.50 Å². The smallest absolute Gasteiger partial charge is 0.368 e. The van der Waals surface area contributed by atoms with Crippen LogP contribution in [0.4, 0.5) is 0 Å². The third-order valence-corrected chi connectivity index (χ3v) is 12.1. The van der Waals surface area contributed by atoms with E-state index in [-0.39, 0.29) is 5.90 Å². The SMILES string of the molecule is CCOP(=O)(C[P+](c1ccccc1)(c1ccccc1)c1ccco1)OCC. The summed E-state index contributed by atoms with van der Waals surface area (Å²) in [5.74, 6) is 0.267. The lowest BCUT2D eigenvalue weighted by Crippen LogP contribution is -2.33. The van der Waals surface area contributed by atoms with Crippen LogP contribution in [-0.2, 0) is 13.6 Å². The third kappa shape index (κ3) is 4.25. The summed E-state index contributed by atoms with van der Waals surface area (Å²) in [6, 6.07) is 24.1. The lowest BCUT2D eigenvalue weighted by atomic mass is 10.4. The second-order valence-corrected chi connectivity index (χ2v) is 12.0. The molecule has 0 saturated carbocycles. The van der Waals surface area contributed by atoms with Crippen molar-refractivity contribution in [2.45, 2.75) is 13.8 Å². The van der Waals surface area contributed by atoms with Gasteiger partial charge in [-0.25, -0.2) is 0 Å². The quantitative estimate of drug-likeness (QED) is 0.482. The van der Waals surface area contributed by atoms with Crippen LogP contribution in [0.15, 0.2) is 83.5 Å². The highest BCUT2D eigenvalue weighted by Gasteiger charge is 2.54. The van der Waals surface area contributed by atoms with Gasteiger partial charge in [-0.1, -0.05) is 36.4 Å². The van der Waals surface area contributed by atoms with Gasteiger partial charge in [-0.15, -0.1) is 0 Å². The predicted molar refractivity (Wildman–Crippen MR) is 113 cm³/mol. The van der Waals surface area contributed by atoms with Crippen LogP contribution in [0.2, 0.25) is 0 Å². The average Bonchev–Trinajstić information content (AvgIpc) is 3.23. The van der Waals surface area contributed by atoms with Crippen molar-refractivity contribution in [3.05, 3.63) is 79.1 Å². The molecular weight excluding hydrogens is 378 g/mol. The van der Waals surface area contributed by atoms with Crippen molar-refractivity contribution >= 4 is 31.0 Å². The largest absolute Gasteiger partial charge is 0.434 e. The Bertz CT molecular complexity index is 814. The highest BCUT2D eigenvalue weighted by atomic mass is 31.2. The van der Waals surface area contributed by atoms with E-state index in [0.29, 0.717) is 13.2 Å². The number of hydrogen-bond donors (Lipinski definition) is 0. The lowest BCUT2D eigenvalue weighted by Gasteiger charge is -2.28. The van der Waals surface area contributed by atoms with Gasteiger partial charge in [0.05, 0.1) is 19.5 Å². The molecule has 0 aliphatic rings. The predicted octanol–water partition coefficient (Wildman–Crippen LogP) is 4.80. The maximum absolute atomic E-state index is 13.6. The Morgan fingerprint density at radius 3 is 1.74 bits per heavy atom. The minimum absolute atomic E-state index is 0.267. The Balaban J connectivity index is 2.26. The molecule has 0 atom stereocenters. The fourth-order valence-corrected chi connectivity index (χ4v) is 11.5. The Morgan fingerprint density at radius 2 is 1.33 bits per heavy atom. The molecule has 0 aliphatic heterocycles. The third-order valence-electron chi connectivity index (χ3n) is 4.31. The standard InChI is InChI=1S/C21H25O4P2/c1-3-24-27(22,25-4-2)18-26(21-16-11-17-23-21,19-12-7-5-8-13-19)20-14-9-6-10-15-20/h5-17H,3-4,18H2,1-2H3/q+1. The molecule has 4 nitrogen and oxygen atoms in total. The Morgan fingerprint density at radius 1 is 0.815 bits per heavy atom. The summed E-state index contributed by atoms with van der Waals surface area (Å²) >= 11 is 0. The molecule has 0 bridgehead atoms. The molecule has 6 heteroatoms. The van der Waals surface area contributed by atoms with E-state index in [1.807, 2.05) is 62.4 Å². The molecule has 0 saturated heterocycles. The highest BCUT2D eigenvalue weighted by molar-refractivity contribution is 8.00. The number of furan rings is 1. The molecule has 0 aliphatic carbocycles. The first-order valence-corrected chi connectivity index (χ1v) is 12.8. The van der Waals surface area contributed by atoms with E-state index < -0.39 is 14.9 Å². The van der Waals surface area contributed by atoms with Crippen molar-refractivity contribution in [3.63, 3.8) is 0 Å². The van der Waals surface area contributed by atoms with Gasteiger partial charge < -0.3 is 13.5 Å². The number of benzene rings is 2. The van der Waals surface area contributed by atoms with Gasteiger partial charge in [-0.3, -0.25) is 4.57 Å². The van der Waals surface area contributed by atoms with Crippen LogP contribution in [0.25, 0.3) is 0 Å². The lowest BCUT2D eigenvalue weighted by molar-refractivity contribution is 0.224. The first-order chi connectivity index (χ1) is 13.1. The topological polar surface area (TPSA) is 48.7 Å². The Hall–Kier alpha value is -1.70. The zero-order valence-corrected chi connectivity index (χ0v) is 17.4. The van der Waals surface area contributed by atoms with E-state index in [9.17, 15) is 4.57 Å². The molecule has 3 aromatic rings. The number of rotatable bonds is 9. The maximum atomic E-state index is 13.6. The van der Waals surface area contributed by atoms with E-state index >= 15 is 0 Å². The zero-order chi connectivity index (χ0) is 19.2. The fourth-order valence-electron chi connectivity index (χ4n) is 3.26. The Kier molecular flexibility index (Phi) is 6.68. The van der Waals surface area contributed by atoms with Gasteiger partial charge in [0, 0.05) is 6.07 Å². The second-order valence-electron chi connectivity index (χ2n) is 6.02. The average molecular weight is 403 g/mol. The summed E-state index contributed by atoms with van der Waals surface area (Å²) in [7, 11) is -5.69. The van der Waals surface area contributed by atoms with Gasteiger partial charge in [0.1, 0.15) is 10.6 Å². The van der Waals surface area contributed by atoms with Crippen molar-refractivity contribution in [2.24, 2.45) is 0 Å². The monoisotopic (exact) mass is 403 g/mol. The van der Waals surface area contributed by atoms with Crippen molar-refractivity contribution in [1.82, 2.24) is 0 Å². The molecule has 0 fully saturated rings. The molecule has 0 N–H and O–H groups in total. The van der Waals surface area contributed by atoms with Crippen LogP contribution in [0, 0.1) is 0 Å². The molecule has 1 heterocycles. The molecule has 2 aromatic carbocycles. The normalized spacial score (nSPS) is 12.2. The molecular formula is C21H25O4P2+. The minimum atomic E-state index is -3.32. The van der Waals surface area contributed by atoms with E-state index in [4.69, 9.17) is 13.5 Å². The van der Waals surface area contributed by atoms with Crippen LogP contribution in [-0.4, -0.2) is 19.1 Å². The van der Waals surface area contributed by atoms with Crippen molar-refractivity contribution in [2.75, 3.05) is 19.1 Å². The molecule has 27 heavy (non-hydrogen) atoms. The summed E-state index contributed by atoms with van der Waals surface area (Å²) in [6.45, 7) is 4.34. The summed E-state index contributed by atoms with van der Waals surface area (Å²) < 4.78 is 30.9. The van der Waals surface area contributed by atoms with Crippen LogP contribution in [0.3, 0.4) is 0 Å². The fraction of sp³-hybridized carbons (Fsp3) is 0.238. The van der Waals surface area contributed by atoms with Crippen molar-refractivity contribution in [1.29, 1.82) is 0 Å². The molecule has 0 radical (unpaired) electrons. The maximum Gasteiger partial charge on any atom is 0.368 e. The van der Waals surface area contributed by atoms with E-state index in [1.54, 1.807) is 6.26 Å². The molecule has 0 spiro atoms. The van der Waals surface area contributed by atoms with Gasteiger partial charge in [0.15, 0.2) is 13.2 Å². The first kappa shape index (κ1) is 20.0. The first-order valence-electron chi connectivity index (χ1n) is 9.06.